The molecule has 3 N–H and O–H groups in total. The van der Waals surface area contributed by atoms with Gasteiger partial charge in [0.05, 0.1) is 18.4 Å². The van der Waals surface area contributed by atoms with Crippen LogP contribution in [0.3, 0.4) is 0 Å². The first-order valence-corrected chi connectivity index (χ1v) is 4.65. The molecule has 0 saturated heterocycles. The van der Waals surface area contributed by atoms with E-state index in [-0.39, 0.29) is 13.9 Å². The summed E-state index contributed by atoms with van der Waals surface area (Å²) >= 11 is 0. The summed E-state index contributed by atoms with van der Waals surface area (Å²) in [7, 11) is 0. The Labute approximate surface area is 86.0 Å². The molecule has 0 atom stereocenters. The summed E-state index contributed by atoms with van der Waals surface area (Å²) in [5.74, 6) is -0.208. The van der Waals surface area contributed by atoms with Crippen molar-refractivity contribution in [1.29, 1.82) is 0 Å². The van der Waals surface area contributed by atoms with Crippen molar-refractivity contribution in [3.8, 4) is 0 Å². The standard InChI is InChI=1S/C8H11N3O.C2H6.H2/c1-6-2-3-7(5-10-6)11-8(12)4-9;1-2;/h2-3,5H,4,9H2,1H3,(H,11,12);1-2H3;1H. The lowest BCUT2D eigenvalue weighted by Crippen LogP contribution is -2.21. The molecule has 14 heavy (non-hydrogen) atoms. The molecule has 0 spiro atoms. The number of pyridine rings is 1. The summed E-state index contributed by atoms with van der Waals surface area (Å²) in [4.78, 5) is 14.8. The Morgan fingerprint density at radius 1 is 1.57 bits per heavy atom. The maximum Gasteiger partial charge on any atom is 0.238 e. The van der Waals surface area contributed by atoms with E-state index in [1.807, 2.05) is 26.8 Å². The van der Waals surface area contributed by atoms with Gasteiger partial charge in [-0.3, -0.25) is 9.78 Å². The number of anilines is 1. The number of nitrogens with two attached hydrogens (primary N) is 1. The molecule has 0 aliphatic heterocycles. The number of hydrogen-bond acceptors (Lipinski definition) is 3. The van der Waals surface area contributed by atoms with Gasteiger partial charge < -0.3 is 11.1 Å². The van der Waals surface area contributed by atoms with Crippen LogP contribution in [0.5, 0.6) is 0 Å². The Hall–Kier alpha value is -1.42. The lowest BCUT2D eigenvalue weighted by atomic mass is 10.3. The zero-order valence-electron chi connectivity index (χ0n) is 8.87. The smallest absolute Gasteiger partial charge is 0.238 e. The summed E-state index contributed by atoms with van der Waals surface area (Å²) in [5.41, 5.74) is 6.71. The highest BCUT2D eigenvalue weighted by molar-refractivity contribution is 5.91. The number of amides is 1. The van der Waals surface area contributed by atoms with Crippen LogP contribution in [-0.4, -0.2) is 17.4 Å². The highest BCUT2D eigenvalue weighted by atomic mass is 16.1. The van der Waals surface area contributed by atoms with Gasteiger partial charge in [-0.2, -0.15) is 0 Å². The molecule has 0 aliphatic rings. The van der Waals surface area contributed by atoms with E-state index in [4.69, 9.17) is 5.73 Å². The average Bonchev–Trinajstić information content (AvgIpc) is 2.24. The van der Waals surface area contributed by atoms with Crippen LogP contribution < -0.4 is 11.1 Å². The Kier molecular flexibility index (Phi) is 6.32. The summed E-state index contributed by atoms with van der Waals surface area (Å²) in [5, 5.41) is 2.59. The number of hydrogen-bond donors (Lipinski definition) is 2. The minimum atomic E-state index is -0.208. The Balaban J connectivity index is 0. The minimum absolute atomic E-state index is 0. The van der Waals surface area contributed by atoms with Gasteiger partial charge in [-0.05, 0) is 19.1 Å². The molecule has 1 aromatic heterocycles. The molecule has 0 unspecified atom stereocenters. The largest absolute Gasteiger partial charge is 0.324 e. The van der Waals surface area contributed by atoms with Crippen LogP contribution in [0.4, 0.5) is 5.69 Å². The van der Waals surface area contributed by atoms with E-state index in [0.717, 1.165) is 5.69 Å². The van der Waals surface area contributed by atoms with Gasteiger partial charge in [-0.1, -0.05) is 13.8 Å². The molecule has 4 nitrogen and oxygen atoms in total. The summed E-state index contributed by atoms with van der Waals surface area (Å²) in [6.07, 6.45) is 1.60. The molecule has 0 saturated carbocycles. The third-order valence-electron chi connectivity index (χ3n) is 1.38. The summed E-state index contributed by atoms with van der Waals surface area (Å²) in [6.45, 7) is 5.88. The first-order chi connectivity index (χ1) is 6.72. The summed E-state index contributed by atoms with van der Waals surface area (Å²) < 4.78 is 0. The monoisotopic (exact) mass is 197 g/mol. The fourth-order valence-electron chi connectivity index (χ4n) is 0.754. The van der Waals surface area contributed by atoms with Crippen molar-refractivity contribution >= 4 is 11.6 Å². The predicted octanol–water partition coefficient (Wildman–Crippen LogP) is 1.56. The molecular formula is C10H19N3O. The Bertz CT molecular complexity index is 275. The maximum atomic E-state index is 10.8. The van der Waals surface area contributed by atoms with Crippen LogP contribution >= 0.6 is 0 Å². The Morgan fingerprint density at radius 3 is 2.64 bits per heavy atom. The number of nitrogens with zero attached hydrogens (tertiary/aromatic N) is 1. The molecule has 1 amide bonds. The van der Waals surface area contributed by atoms with Crippen molar-refractivity contribution in [2.24, 2.45) is 5.73 Å². The first-order valence-electron chi connectivity index (χ1n) is 4.65. The topological polar surface area (TPSA) is 68.0 Å². The zero-order chi connectivity index (χ0) is 11.0. The van der Waals surface area contributed by atoms with Crippen molar-refractivity contribution in [2.45, 2.75) is 20.8 Å². The Morgan fingerprint density at radius 2 is 2.21 bits per heavy atom. The van der Waals surface area contributed by atoms with E-state index < -0.39 is 0 Å². The second-order valence-electron chi connectivity index (χ2n) is 2.44. The number of rotatable bonds is 2. The van der Waals surface area contributed by atoms with Crippen LogP contribution in [0.2, 0.25) is 0 Å². The van der Waals surface area contributed by atoms with E-state index in [1.54, 1.807) is 12.3 Å². The molecule has 0 aromatic carbocycles. The van der Waals surface area contributed by atoms with Gasteiger partial charge in [0.25, 0.3) is 0 Å². The number of nitrogens with one attached hydrogen (secondary N) is 1. The molecule has 1 heterocycles. The molecule has 4 heteroatoms. The molecule has 0 bridgehead atoms. The average molecular weight is 197 g/mol. The second kappa shape index (κ2) is 7.03. The highest BCUT2D eigenvalue weighted by Gasteiger charge is 1.97. The van der Waals surface area contributed by atoms with Crippen molar-refractivity contribution in [3.63, 3.8) is 0 Å². The van der Waals surface area contributed by atoms with Crippen LogP contribution in [0, 0.1) is 6.92 Å². The molecule has 0 radical (unpaired) electrons. The van der Waals surface area contributed by atoms with Gasteiger partial charge in [0, 0.05) is 7.12 Å². The fourth-order valence-corrected chi connectivity index (χ4v) is 0.754. The molecule has 80 valence electrons. The maximum absolute atomic E-state index is 10.8. The quantitative estimate of drug-likeness (QED) is 0.756. The van der Waals surface area contributed by atoms with Gasteiger partial charge in [0.2, 0.25) is 5.91 Å². The van der Waals surface area contributed by atoms with Crippen LogP contribution in [-0.2, 0) is 4.79 Å². The van der Waals surface area contributed by atoms with E-state index in [2.05, 4.69) is 10.3 Å². The fraction of sp³-hybridized carbons (Fsp3) is 0.400. The number of carbonyl (C=O) groups excluding carboxylic acids is 1. The van der Waals surface area contributed by atoms with Crippen LogP contribution in [0.25, 0.3) is 0 Å². The SMILES string of the molecule is CC.Cc1ccc(NC(=O)CN)cn1.[HH]. The molecular weight excluding hydrogens is 178 g/mol. The van der Waals surface area contributed by atoms with Gasteiger partial charge in [0.1, 0.15) is 0 Å². The minimum Gasteiger partial charge on any atom is -0.324 e. The summed E-state index contributed by atoms with van der Waals surface area (Å²) in [6, 6.07) is 3.61. The molecule has 0 fully saturated rings. The third kappa shape index (κ3) is 4.57. The first kappa shape index (κ1) is 12.6. The predicted molar refractivity (Wildman–Crippen MR) is 60.1 cm³/mol. The van der Waals surface area contributed by atoms with Crippen LogP contribution in [0.15, 0.2) is 18.3 Å². The second-order valence-corrected chi connectivity index (χ2v) is 2.44. The van der Waals surface area contributed by atoms with Gasteiger partial charge in [0.15, 0.2) is 0 Å². The van der Waals surface area contributed by atoms with Gasteiger partial charge >= 0.3 is 0 Å². The van der Waals surface area contributed by atoms with Crippen molar-refractivity contribution < 1.29 is 6.22 Å². The van der Waals surface area contributed by atoms with Crippen molar-refractivity contribution in [1.82, 2.24) is 4.98 Å². The lowest BCUT2D eigenvalue weighted by molar-refractivity contribution is -0.114. The van der Waals surface area contributed by atoms with Gasteiger partial charge in [-0.15, -0.1) is 0 Å². The molecule has 1 aromatic rings. The van der Waals surface area contributed by atoms with Crippen molar-refractivity contribution in [3.05, 3.63) is 24.0 Å². The highest BCUT2D eigenvalue weighted by Crippen LogP contribution is 2.04. The van der Waals surface area contributed by atoms with Crippen molar-refractivity contribution in [2.75, 3.05) is 11.9 Å². The van der Waals surface area contributed by atoms with E-state index in [9.17, 15) is 4.79 Å². The molecule has 0 aliphatic carbocycles. The van der Waals surface area contributed by atoms with Gasteiger partial charge in [-0.25, -0.2) is 0 Å². The number of aromatic nitrogens is 1. The van der Waals surface area contributed by atoms with E-state index in [1.165, 1.54) is 0 Å². The lowest BCUT2D eigenvalue weighted by Gasteiger charge is -2.01. The van der Waals surface area contributed by atoms with Crippen LogP contribution in [0.1, 0.15) is 21.0 Å². The number of carbonyl (C=O) groups is 1. The van der Waals surface area contributed by atoms with E-state index in [0.29, 0.717) is 5.69 Å². The third-order valence-corrected chi connectivity index (χ3v) is 1.38. The molecule has 1 rings (SSSR count). The zero-order valence-corrected chi connectivity index (χ0v) is 8.87. The van der Waals surface area contributed by atoms with E-state index >= 15 is 0 Å². The number of aryl methyl sites for hydroxylation is 1. The normalized spacial score (nSPS) is 8.57.